The van der Waals surface area contributed by atoms with E-state index in [4.69, 9.17) is 10.2 Å². The molecule has 0 radical (unpaired) electrons. The molecule has 9 heteroatoms. The highest BCUT2D eigenvalue weighted by Crippen LogP contribution is 2.29. The van der Waals surface area contributed by atoms with E-state index in [0.717, 1.165) is 22.8 Å². The van der Waals surface area contributed by atoms with Gasteiger partial charge in [-0.3, -0.25) is 9.59 Å². The van der Waals surface area contributed by atoms with Crippen LogP contribution in [0.1, 0.15) is 11.5 Å². The van der Waals surface area contributed by atoms with Gasteiger partial charge in [-0.2, -0.15) is 0 Å². The summed E-state index contributed by atoms with van der Waals surface area (Å²) in [6.45, 7) is 3.45. The van der Waals surface area contributed by atoms with Crippen LogP contribution < -0.4 is 16.4 Å². The lowest BCUT2D eigenvalue weighted by atomic mass is 10.2. The molecule has 7 nitrogen and oxygen atoms in total. The summed E-state index contributed by atoms with van der Waals surface area (Å²) in [5.74, 6) is 0.865. The lowest BCUT2D eigenvalue weighted by Gasteiger charge is -2.02. The Kier molecular flexibility index (Phi) is 6.54. The highest BCUT2D eigenvalue weighted by molar-refractivity contribution is 7.14. The lowest BCUT2D eigenvalue weighted by molar-refractivity contribution is -0.123. The number of hydrogen-bond acceptors (Lipinski definition) is 6. The first-order valence-electron chi connectivity index (χ1n) is 6.29. The first-order chi connectivity index (χ1) is 9.99. The number of rotatable bonds is 5. The van der Waals surface area contributed by atoms with Crippen LogP contribution in [0.4, 0.5) is 5.13 Å². The molecule has 0 bridgehead atoms. The van der Waals surface area contributed by atoms with Gasteiger partial charge in [-0.1, -0.05) is 0 Å². The van der Waals surface area contributed by atoms with Gasteiger partial charge in [0.25, 0.3) is 0 Å². The molecule has 2 amide bonds. The summed E-state index contributed by atoms with van der Waals surface area (Å²) in [5, 5.41) is 7.32. The van der Waals surface area contributed by atoms with E-state index in [1.54, 1.807) is 0 Å². The molecule has 22 heavy (non-hydrogen) atoms. The predicted molar refractivity (Wildman–Crippen MR) is 87.2 cm³/mol. The first kappa shape index (κ1) is 18.1. The molecule has 0 saturated heterocycles. The third-order valence-electron chi connectivity index (χ3n) is 2.70. The summed E-state index contributed by atoms with van der Waals surface area (Å²) in [7, 11) is 0. The summed E-state index contributed by atoms with van der Waals surface area (Å²) in [4.78, 5) is 26.9. The maximum Gasteiger partial charge on any atom is 0.245 e. The number of carbonyl (C=O) groups is 2. The second-order valence-corrected chi connectivity index (χ2v) is 5.25. The van der Waals surface area contributed by atoms with E-state index < -0.39 is 0 Å². The number of carbonyl (C=O) groups excluding carboxylic acids is 2. The van der Waals surface area contributed by atoms with Crippen molar-refractivity contribution in [3.8, 4) is 11.3 Å². The molecular formula is C13H17ClN4O3S. The van der Waals surface area contributed by atoms with Crippen LogP contribution in [0.2, 0.25) is 0 Å². The van der Waals surface area contributed by atoms with Crippen LogP contribution in [0.15, 0.2) is 15.9 Å². The van der Waals surface area contributed by atoms with E-state index in [0.29, 0.717) is 5.13 Å². The highest BCUT2D eigenvalue weighted by atomic mass is 35.5. The Morgan fingerprint density at radius 1 is 1.36 bits per heavy atom. The van der Waals surface area contributed by atoms with Crippen LogP contribution in [0.5, 0.6) is 0 Å². The maximum absolute atomic E-state index is 11.6. The van der Waals surface area contributed by atoms with Gasteiger partial charge in [0.05, 0.1) is 18.8 Å². The maximum atomic E-state index is 11.6. The van der Waals surface area contributed by atoms with Gasteiger partial charge >= 0.3 is 0 Å². The number of hydrogen-bond donors (Lipinski definition) is 3. The van der Waals surface area contributed by atoms with E-state index in [-0.39, 0.29) is 37.3 Å². The van der Waals surface area contributed by atoms with Crippen molar-refractivity contribution in [1.82, 2.24) is 10.3 Å². The summed E-state index contributed by atoms with van der Waals surface area (Å²) >= 11 is 1.31. The van der Waals surface area contributed by atoms with Crippen LogP contribution in [0.3, 0.4) is 0 Å². The normalized spacial score (nSPS) is 9.95. The summed E-state index contributed by atoms with van der Waals surface area (Å²) in [6.07, 6.45) is 0. The van der Waals surface area contributed by atoms with Crippen LogP contribution in [0, 0.1) is 13.8 Å². The number of aryl methyl sites for hydroxylation is 2. The van der Waals surface area contributed by atoms with Gasteiger partial charge in [0, 0.05) is 10.9 Å². The molecule has 0 atom stereocenters. The number of furan rings is 1. The van der Waals surface area contributed by atoms with E-state index in [9.17, 15) is 9.59 Å². The van der Waals surface area contributed by atoms with Gasteiger partial charge in [0.2, 0.25) is 11.8 Å². The van der Waals surface area contributed by atoms with Crippen molar-refractivity contribution in [3.05, 3.63) is 23.0 Å². The van der Waals surface area contributed by atoms with Crippen molar-refractivity contribution in [3.63, 3.8) is 0 Å². The number of nitrogens with zero attached hydrogens (tertiary/aromatic N) is 1. The summed E-state index contributed by atoms with van der Waals surface area (Å²) in [6, 6.07) is 1.90. The van der Waals surface area contributed by atoms with Gasteiger partial charge in [-0.15, -0.1) is 23.7 Å². The van der Waals surface area contributed by atoms with E-state index >= 15 is 0 Å². The van der Waals surface area contributed by atoms with Gasteiger partial charge in [0.15, 0.2) is 5.13 Å². The number of aromatic nitrogens is 1. The Hall–Kier alpha value is -1.90. The zero-order chi connectivity index (χ0) is 15.4. The molecule has 120 valence electrons. The van der Waals surface area contributed by atoms with Crippen molar-refractivity contribution in [2.45, 2.75) is 13.8 Å². The minimum Gasteiger partial charge on any atom is -0.466 e. The van der Waals surface area contributed by atoms with Crippen LogP contribution in [-0.4, -0.2) is 29.9 Å². The molecule has 0 aliphatic rings. The van der Waals surface area contributed by atoms with Gasteiger partial charge < -0.3 is 20.8 Å². The largest absolute Gasteiger partial charge is 0.466 e. The standard InChI is InChI=1S/C13H16N4O3S.ClH/c1-7-3-9(8(2)20-7)10-6-21-13(16-10)17-12(19)5-15-11(18)4-14;/h3,6H,4-5,14H2,1-2H3,(H,15,18)(H,16,17,19);1H. The average molecular weight is 345 g/mol. The molecular weight excluding hydrogens is 328 g/mol. The van der Waals surface area contributed by atoms with E-state index in [2.05, 4.69) is 15.6 Å². The fourth-order valence-electron chi connectivity index (χ4n) is 1.75. The minimum absolute atomic E-state index is 0. The number of halogens is 1. The Morgan fingerprint density at radius 3 is 2.68 bits per heavy atom. The number of amides is 2. The van der Waals surface area contributed by atoms with Crippen molar-refractivity contribution in [1.29, 1.82) is 0 Å². The van der Waals surface area contributed by atoms with Gasteiger partial charge in [0.1, 0.15) is 11.5 Å². The number of nitrogens with one attached hydrogen (secondary N) is 2. The predicted octanol–water partition coefficient (Wildman–Crippen LogP) is 1.46. The molecule has 0 aromatic carbocycles. The fourth-order valence-corrected chi connectivity index (χ4v) is 2.48. The van der Waals surface area contributed by atoms with Crippen LogP contribution >= 0.6 is 23.7 Å². The van der Waals surface area contributed by atoms with E-state index in [1.165, 1.54) is 11.3 Å². The SMILES string of the molecule is Cc1cc(-c2csc(NC(=O)CNC(=O)CN)n2)c(C)o1.Cl. The minimum atomic E-state index is -0.380. The smallest absolute Gasteiger partial charge is 0.245 e. The quantitative estimate of drug-likeness (QED) is 0.760. The Balaban J connectivity index is 0.00000242. The van der Waals surface area contributed by atoms with Crippen molar-refractivity contribution in [2.24, 2.45) is 5.73 Å². The van der Waals surface area contributed by atoms with Crippen molar-refractivity contribution < 1.29 is 14.0 Å². The monoisotopic (exact) mass is 344 g/mol. The van der Waals surface area contributed by atoms with Crippen molar-refractivity contribution in [2.75, 3.05) is 18.4 Å². The molecule has 0 aliphatic heterocycles. The molecule has 4 N–H and O–H groups in total. The number of anilines is 1. The molecule has 0 aliphatic carbocycles. The molecule has 0 fully saturated rings. The lowest BCUT2D eigenvalue weighted by Crippen LogP contribution is -2.36. The second-order valence-electron chi connectivity index (χ2n) is 4.39. The summed E-state index contributed by atoms with van der Waals surface area (Å²) < 4.78 is 5.45. The molecule has 0 spiro atoms. The zero-order valence-electron chi connectivity index (χ0n) is 12.1. The third-order valence-corrected chi connectivity index (χ3v) is 3.46. The van der Waals surface area contributed by atoms with Crippen molar-refractivity contribution >= 4 is 40.7 Å². The zero-order valence-corrected chi connectivity index (χ0v) is 13.8. The second kappa shape index (κ2) is 7.92. The molecule has 0 unspecified atom stereocenters. The number of thiazole rings is 1. The fraction of sp³-hybridized carbons (Fsp3) is 0.308. The van der Waals surface area contributed by atoms with Crippen LogP contribution in [0.25, 0.3) is 11.3 Å². The first-order valence-corrected chi connectivity index (χ1v) is 7.17. The molecule has 2 aromatic rings. The third kappa shape index (κ3) is 4.55. The number of nitrogens with two attached hydrogens (primary N) is 1. The van der Waals surface area contributed by atoms with Crippen LogP contribution in [-0.2, 0) is 9.59 Å². The highest BCUT2D eigenvalue weighted by Gasteiger charge is 2.12. The van der Waals surface area contributed by atoms with Gasteiger partial charge in [-0.25, -0.2) is 4.98 Å². The Morgan fingerprint density at radius 2 is 2.09 bits per heavy atom. The average Bonchev–Trinajstić information content (AvgIpc) is 3.02. The Bertz CT molecular complexity index is 668. The molecule has 2 heterocycles. The topological polar surface area (TPSA) is 110 Å². The summed E-state index contributed by atoms with van der Waals surface area (Å²) in [5.41, 5.74) is 6.78. The molecule has 2 aromatic heterocycles. The molecule has 0 saturated carbocycles. The molecule has 2 rings (SSSR count). The Labute approximate surface area is 137 Å². The van der Waals surface area contributed by atoms with E-state index in [1.807, 2.05) is 25.3 Å². The van der Waals surface area contributed by atoms with Gasteiger partial charge in [-0.05, 0) is 19.9 Å².